The number of hydrogen-bond donors (Lipinski definition) is 2. The molecule has 0 radical (unpaired) electrons. The molecule has 3 amide bonds. The van der Waals surface area contributed by atoms with E-state index in [1.165, 1.54) is 26.9 Å². The highest BCUT2D eigenvalue weighted by Crippen LogP contribution is 2.38. The zero-order valence-electron chi connectivity index (χ0n) is 29.8. The van der Waals surface area contributed by atoms with E-state index in [-0.39, 0.29) is 46.4 Å². The maximum absolute atomic E-state index is 15.1. The molecule has 0 aliphatic carbocycles. The standard InChI is InChI=1S/C38H42F2N6O5S/c1-6-41-37(49)42-26-15-13-25(14-16-26)34-29(22-44(5)19-20-51-7-2)33-35(48)46(27-17-11-24(12-18-27)21-32(47)43(3)4)38(50)45(36(33)52-34)23-28-30(39)9-8-10-31(28)40/h8-18H,6-7,19-23H2,1-5H3,(H2,41,42,49). The molecule has 274 valence electrons. The number of benzene rings is 3. The third kappa shape index (κ3) is 8.47. The summed E-state index contributed by atoms with van der Waals surface area (Å²) in [6.07, 6.45) is 0.127. The van der Waals surface area contributed by atoms with Gasteiger partial charge in [-0.1, -0.05) is 30.3 Å². The quantitative estimate of drug-likeness (QED) is 0.147. The first-order valence-electron chi connectivity index (χ1n) is 16.9. The van der Waals surface area contributed by atoms with Gasteiger partial charge >= 0.3 is 11.7 Å². The molecule has 0 fully saturated rings. The van der Waals surface area contributed by atoms with Gasteiger partial charge in [0.25, 0.3) is 5.56 Å². The Kier molecular flexibility index (Phi) is 12.4. The van der Waals surface area contributed by atoms with Crippen LogP contribution in [0.15, 0.2) is 76.3 Å². The fourth-order valence-corrected chi connectivity index (χ4v) is 7.01. The van der Waals surface area contributed by atoms with Gasteiger partial charge in [0.05, 0.1) is 30.6 Å². The number of ether oxygens (including phenoxy) is 1. The number of aromatic nitrogens is 2. The number of amides is 3. The topological polar surface area (TPSA) is 118 Å². The number of likely N-dealkylation sites (N-methyl/N-ethyl adjacent to an activating group) is 2. The van der Waals surface area contributed by atoms with Gasteiger partial charge in [-0.05, 0) is 74.0 Å². The fourth-order valence-electron chi connectivity index (χ4n) is 5.71. The maximum atomic E-state index is 15.1. The minimum absolute atomic E-state index is 0.113. The highest BCUT2D eigenvalue weighted by atomic mass is 32.1. The predicted molar refractivity (Wildman–Crippen MR) is 200 cm³/mol. The number of thiophene rings is 1. The van der Waals surface area contributed by atoms with Crippen molar-refractivity contribution in [3.05, 3.63) is 116 Å². The summed E-state index contributed by atoms with van der Waals surface area (Å²) in [5.74, 6) is -1.76. The lowest BCUT2D eigenvalue weighted by Crippen LogP contribution is -2.39. The Balaban J connectivity index is 1.75. The molecule has 11 nitrogen and oxygen atoms in total. The Hall–Kier alpha value is -5.18. The van der Waals surface area contributed by atoms with Crippen LogP contribution < -0.4 is 21.9 Å². The second-order valence-corrected chi connectivity index (χ2v) is 13.4. The lowest BCUT2D eigenvalue weighted by atomic mass is 10.1. The highest BCUT2D eigenvalue weighted by Gasteiger charge is 2.26. The molecular formula is C38H42F2N6O5S. The van der Waals surface area contributed by atoms with Gasteiger partial charge in [-0.2, -0.15) is 0 Å². The molecular weight excluding hydrogens is 691 g/mol. The van der Waals surface area contributed by atoms with Gasteiger partial charge in [0.1, 0.15) is 16.5 Å². The molecule has 2 N–H and O–H groups in total. The normalized spacial score (nSPS) is 11.3. The van der Waals surface area contributed by atoms with Gasteiger partial charge in [-0.15, -0.1) is 11.3 Å². The number of anilines is 1. The zero-order chi connectivity index (χ0) is 37.5. The Morgan fingerprint density at radius 2 is 1.58 bits per heavy atom. The number of hydrogen-bond acceptors (Lipinski definition) is 7. The second-order valence-electron chi connectivity index (χ2n) is 12.4. The van der Waals surface area contributed by atoms with Crippen LogP contribution in [0.5, 0.6) is 0 Å². The smallest absolute Gasteiger partial charge is 0.337 e. The third-order valence-electron chi connectivity index (χ3n) is 8.49. The number of carbonyl (C=O) groups excluding carboxylic acids is 2. The number of fused-ring (bicyclic) bond motifs is 1. The summed E-state index contributed by atoms with van der Waals surface area (Å²) < 4.78 is 38.1. The maximum Gasteiger partial charge on any atom is 0.337 e. The van der Waals surface area contributed by atoms with Gasteiger partial charge in [0.15, 0.2) is 0 Å². The van der Waals surface area contributed by atoms with Crippen LogP contribution in [-0.4, -0.2) is 78.3 Å². The SMILES string of the molecule is CCNC(=O)Nc1ccc(-c2sc3c(c2CN(C)CCOCC)c(=O)n(-c2ccc(CC(=O)N(C)C)cc2)c(=O)n3Cc2c(F)cccc2F)cc1. The van der Waals surface area contributed by atoms with Gasteiger partial charge in [0, 0.05) is 56.5 Å². The molecule has 0 unspecified atom stereocenters. The van der Waals surface area contributed by atoms with Crippen molar-refractivity contribution in [2.75, 3.05) is 52.8 Å². The molecule has 0 saturated heterocycles. The van der Waals surface area contributed by atoms with E-state index in [2.05, 4.69) is 10.6 Å². The molecule has 5 aromatic rings. The average Bonchev–Trinajstić information content (AvgIpc) is 3.47. The van der Waals surface area contributed by atoms with Crippen LogP contribution in [0.2, 0.25) is 0 Å². The lowest BCUT2D eigenvalue weighted by Gasteiger charge is -2.18. The molecule has 2 heterocycles. The average molecular weight is 733 g/mol. The Morgan fingerprint density at radius 1 is 0.904 bits per heavy atom. The van der Waals surface area contributed by atoms with Gasteiger partial charge < -0.3 is 20.3 Å². The number of carbonyl (C=O) groups is 2. The monoisotopic (exact) mass is 732 g/mol. The molecule has 14 heteroatoms. The van der Waals surface area contributed by atoms with Crippen LogP contribution >= 0.6 is 11.3 Å². The minimum atomic E-state index is -0.824. The van der Waals surface area contributed by atoms with Crippen LogP contribution in [-0.2, 0) is 29.0 Å². The number of rotatable bonds is 14. The first-order chi connectivity index (χ1) is 24.9. The summed E-state index contributed by atoms with van der Waals surface area (Å²) in [4.78, 5) is 57.9. The van der Waals surface area contributed by atoms with Crippen LogP contribution in [0.25, 0.3) is 26.3 Å². The lowest BCUT2D eigenvalue weighted by molar-refractivity contribution is -0.127. The van der Waals surface area contributed by atoms with Crippen molar-refractivity contribution in [3.63, 3.8) is 0 Å². The Morgan fingerprint density at radius 3 is 2.19 bits per heavy atom. The van der Waals surface area contributed by atoms with Crippen LogP contribution in [0.1, 0.15) is 30.5 Å². The number of halogens is 2. The molecule has 2 aromatic heterocycles. The van der Waals surface area contributed by atoms with Gasteiger partial charge in [0.2, 0.25) is 5.91 Å². The van der Waals surface area contributed by atoms with Crippen molar-refractivity contribution in [2.24, 2.45) is 0 Å². The van der Waals surface area contributed by atoms with Crippen LogP contribution in [0.3, 0.4) is 0 Å². The number of nitrogens with zero attached hydrogens (tertiary/aromatic N) is 4. The predicted octanol–water partition coefficient (Wildman–Crippen LogP) is 5.45. The van der Waals surface area contributed by atoms with Crippen LogP contribution in [0.4, 0.5) is 19.3 Å². The van der Waals surface area contributed by atoms with E-state index in [1.807, 2.05) is 25.8 Å². The molecule has 0 bridgehead atoms. The zero-order valence-corrected chi connectivity index (χ0v) is 30.6. The summed E-state index contributed by atoms with van der Waals surface area (Å²) in [6, 6.07) is 16.7. The molecule has 52 heavy (non-hydrogen) atoms. The largest absolute Gasteiger partial charge is 0.380 e. The molecule has 0 atom stereocenters. The van der Waals surface area contributed by atoms with Gasteiger partial charge in [-0.25, -0.2) is 22.9 Å². The summed E-state index contributed by atoms with van der Waals surface area (Å²) in [5.41, 5.74) is 1.13. The number of urea groups is 1. The first kappa shape index (κ1) is 38.1. The van der Waals surface area contributed by atoms with E-state index >= 15 is 8.78 Å². The molecule has 0 saturated carbocycles. The van der Waals surface area contributed by atoms with Crippen molar-refractivity contribution < 1.29 is 23.1 Å². The summed E-state index contributed by atoms with van der Waals surface area (Å²) in [7, 11) is 5.21. The molecule has 0 aliphatic heterocycles. The fraction of sp³-hybridized carbons (Fsp3) is 0.316. The Bertz CT molecular complexity index is 2160. The summed E-state index contributed by atoms with van der Waals surface area (Å²) in [6.45, 7) is 5.53. The van der Waals surface area contributed by atoms with Gasteiger partial charge in [-0.3, -0.25) is 19.1 Å². The van der Waals surface area contributed by atoms with Crippen molar-refractivity contribution in [3.8, 4) is 16.1 Å². The molecule has 0 spiro atoms. The Labute approximate surface area is 304 Å². The van der Waals surface area contributed by atoms with Crippen molar-refractivity contribution in [1.82, 2.24) is 24.3 Å². The van der Waals surface area contributed by atoms with Crippen molar-refractivity contribution in [1.29, 1.82) is 0 Å². The van der Waals surface area contributed by atoms with Crippen molar-refractivity contribution in [2.45, 2.75) is 33.4 Å². The number of nitrogens with one attached hydrogen (secondary N) is 2. The van der Waals surface area contributed by atoms with Crippen LogP contribution in [0, 0.1) is 11.6 Å². The third-order valence-corrected chi connectivity index (χ3v) is 9.80. The van der Waals surface area contributed by atoms with E-state index in [9.17, 15) is 19.2 Å². The molecule has 3 aromatic carbocycles. The summed E-state index contributed by atoms with van der Waals surface area (Å²) in [5, 5.41) is 5.69. The van der Waals surface area contributed by atoms with E-state index < -0.39 is 29.4 Å². The van der Waals surface area contributed by atoms with E-state index in [4.69, 9.17) is 4.74 Å². The minimum Gasteiger partial charge on any atom is -0.380 e. The van der Waals surface area contributed by atoms with E-state index in [0.29, 0.717) is 53.6 Å². The van der Waals surface area contributed by atoms with Crippen molar-refractivity contribution >= 4 is 39.2 Å². The molecule has 0 aliphatic rings. The first-order valence-corrected chi connectivity index (χ1v) is 17.7. The molecule has 5 rings (SSSR count). The summed E-state index contributed by atoms with van der Waals surface area (Å²) >= 11 is 1.18. The van der Waals surface area contributed by atoms with E-state index in [0.717, 1.165) is 16.7 Å². The highest BCUT2D eigenvalue weighted by molar-refractivity contribution is 7.22. The second kappa shape index (κ2) is 16.9. The van der Waals surface area contributed by atoms with E-state index in [1.54, 1.807) is 62.6 Å².